The van der Waals surface area contributed by atoms with Gasteiger partial charge in [-0.05, 0) is 34.1 Å². The first-order valence-electron chi connectivity index (χ1n) is 5.95. The number of benzene rings is 1. The molecule has 1 saturated carbocycles. The lowest BCUT2D eigenvalue weighted by Gasteiger charge is -2.48. The van der Waals surface area contributed by atoms with Crippen molar-refractivity contribution in [3.63, 3.8) is 0 Å². The van der Waals surface area contributed by atoms with Crippen molar-refractivity contribution in [2.24, 2.45) is 5.41 Å². The molecule has 1 aliphatic carbocycles. The Morgan fingerprint density at radius 1 is 1.35 bits per heavy atom. The molecule has 0 aliphatic heterocycles. The maximum Gasteiger partial charge on any atom is 0.573 e. The summed E-state index contributed by atoms with van der Waals surface area (Å²) in [7, 11) is 0. The van der Waals surface area contributed by atoms with Crippen LogP contribution in [-0.4, -0.2) is 17.8 Å². The number of alkyl halides is 4. The molecule has 2 unspecified atom stereocenters. The molecule has 0 spiro atoms. The molecular weight excluding hydrogens is 360 g/mol. The first-order chi connectivity index (χ1) is 9.09. The lowest BCUT2D eigenvalue weighted by molar-refractivity contribution is -0.274. The second-order valence-electron chi connectivity index (χ2n) is 5.27. The van der Waals surface area contributed by atoms with Gasteiger partial charge in [-0.25, -0.2) is 0 Å². The highest BCUT2D eigenvalue weighted by Gasteiger charge is 2.49. The van der Waals surface area contributed by atoms with Gasteiger partial charge in [0.2, 0.25) is 0 Å². The van der Waals surface area contributed by atoms with Crippen molar-refractivity contribution >= 4 is 27.5 Å². The Hall–Kier alpha value is -0.620. The van der Waals surface area contributed by atoms with Crippen molar-refractivity contribution in [1.29, 1.82) is 0 Å². The van der Waals surface area contributed by atoms with Gasteiger partial charge in [0.15, 0.2) is 0 Å². The van der Waals surface area contributed by atoms with E-state index in [9.17, 15) is 13.2 Å². The van der Waals surface area contributed by atoms with Crippen molar-refractivity contribution in [3.05, 3.63) is 22.7 Å². The predicted molar refractivity (Wildman–Crippen MR) is 73.3 cm³/mol. The van der Waals surface area contributed by atoms with Crippen LogP contribution in [-0.2, 0) is 0 Å². The van der Waals surface area contributed by atoms with E-state index in [0.717, 1.165) is 0 Å². The minimum atomic E-state index is -4.72. The van der Waals surface area contributed by atoms with Gasteiger partial charge in [-0.3, -0.25) is 0 Å². The molecule has 20 heavy (non-hydrogen) atoms. The largest absolute Gasteiger partial charge is 0.573 e. The number of hydrogen-bond donors (Lipinski definition) is 0. The summed E-state index contributed by atoms with van der Waals surface area (Å²) >= 11 is 9.14. The van der Waals surface area contributed by atoms with E-state index >= 15 is 0 Å². The van der Waals surface area contributed by atoms with Crippen LogP contribution in [0.4, 0.5) is 13.2 Å². The molecule has 2 atom stereocenters. The molecular formula is C13H13BrClF3O2. The summed E-state index contributed by atoms with van der Waals surface area (Å²) in [5.74, 6) is 0.181. The fourth-order valence-corrected chi connectivity index (χ4v) is 2.70. The predicted octanol–water partition coefficient (Wildman–Crippen LogP) is 5.13. The van der Waals surface area contributed by atoms with Gasteiger partial charge in [-0.15, -0.1) is 24.8 Å². The average Bonchev–Trinajstić information content (AvgIpc) is 2.31. The first kappa shape index (κ1) is 15.8. The van der Waals surface area contributed by atoms with E-state index in [4.69, 9.17) is 16.3 Å². The minimum Gasteiger partial charge on any atom is -0.490 e. The molecule has 1 aromatic rings. The second kappa shape index (κ2) is 5.30. The van der Waals surface area contributed by atoms with Gasteiger partial charge in [0.1, 0.15) is 17.6 Å². The molecule has 7 heteroatoms. The number of halogens is 5. The number of ether oxygens (including phenoxy) is 2. The minimum absolute atomic E-state index is 0.0452. The second-order valence-corrected chi connectivity index (χ2v) is 6.65. The highest BCUT2D eigenvalue weighted by molar-refractivity contribution is 9.10. The molecule has 2 nitrogen and oxygen atoms in total. The molecule has 0 radical (unpaired) electrons. The van der Waals surface area contributed by atoms with Crippen molar-refractivity contribution in [3.8, 4) is 11.5 Å². The van der Waals surface area contributed by atoms with Crippen LogP contribution in [0.5, 0.6) is 11.5 Å². The summed E-state index contributed by atoms with van der Waals surface area (Å²) in [5, 5.41) is 0.0452. The topological polar surface area (TPSA) is 18.5 Å². The Kier molecular flexibility index (Phi) is 4.17. The lowest BCUT2D eigenvalue weighted by atomic mass is 9.68. The third-order valence-corrected chi connectivity index (χ3v) is 4.83. The Morgan fingerprint density at radius 3 is 2.45 bits per heavy atom. The summed E-state index contributed by atoms with van der Waals surface area (Å²) in [6.07, 6.45) is -4.05. The summed E-state index contributed by atoms with van der Waals surface area (Å²) in [4.78, 5) is 0. The number of hydrogen-bond acceptors (Lipinski definition) is 2. The Bertz CT molecular complexity index is 505. The van der Waals surface area contributed by atoms with E-state index in [0.29, 0.717) is 12.2 Å². The summed E-state index contributed by atoms with van der Waals surface area (Å²) < 4.78 is 46.3. The van der Waals surface area contributed by atoms with Gasteiger partial charge < -0.3 is 9.47 Å². The maximum absolute atomic E-state index is 12.2. The molecule has 2 rings (SSSR count). The first-order valence-corrected chi connectivity index (χ1v) is 7.18. The zero-order valence-corrected chi connectivity index (χ0v) is 13.1. The van der Waals surface area contributed by atoms with Gasteiger partial charge in [-0.1, -0.05) is 13.8 Å². The van der Waals surface area contributed by atoms with Crippen LogP contribution >= 0.6 is 27.5 Å². The SMILES string of the molecule is CC1(C)C(Cl)CC1Oc1ccc(OC(F)(F)F)c(Br)c1. The lowest BCUT2D eigenvalue weighted by Crippen LogP contribution is -2.53. The van der Waals surface area contributed by atoms with Crippen LogP contribution in [0.15, 0.2) is 22.7 Å². The third kappa shape index (κ3) is 3.34. The molecule has 112 valence electrons. The molecule has 0 saturated heterocycles. The standard InChI is InChI=1S/C13H13BrClF3O2/c1-12(2)10(15)6-11(12)19-7-3-4-9(8(14)5-7)20-13(16,17)18/h3-5,10-11H,6H2,1-2H3. The average molecular weight is 374 g/mol. The molecule has 1 aliphatic rings. The van der Waals surface area contributed by atoms with Crippen LogP contribution in [0.25, 0.3) is 0 Å². The van der Waals surface area contributed by atoms with E-state index in [1.54, 1.807) is 0 Å². The Balaban J connectivity index is 2.07. The van der Waals surface area contributed by atoms with Gasteiger partial charge >= 0.3 is 6.36 Å². The van der Waals surface area contributed by atoms with Gasteiger partial charge in [-0.2, -0.15) is 0 Å². The Morgan fingerprint density at radius 2 is 2.00 bits per heavy atom. The van der Waals surface area contributed by atoms with Gasteiger partial charge in [0.25, 0.3) is 0 Å². The van der Waals surface area contributed by atoms with Crippen LogP contribution in [0.2, 0.25) is 0 Å². The smallest absolute Gasteiger partial charge is 0.490 e. The van der Waals surface area contributed by atoms with Gasteiger partial charge in [0.05, 0.1) is 4.47 Å². The van der Waals surface area contributed by atoms with Crippen molar-refractivity contribution in [2.45, 2.75) is 38.1 Å². The summed E-state index contributed by atoms with van der Waals surface area (Å²) in [6.45, 7) is 3.99. The normalized spacial score (nSPS) is 24.9. The third-order valence-electron chi connectivity index (χ3n) is 3.47. The van der Waals surface area contributed by atoms with Crippen molar-refractivity contribution in [1.82, 2.24) is 0 Å². The van der Waals surface area contributed by atoms with E-state index < -0.39 is 6.36 Å². The fourth-order valence-electron chi connectivity index (χ4n) is 1.96. The quantitative estimate of drug-likeness (QED) is 0.684. The molecule has 0 N–H and O–H groups in total. The zero-order chi connectivity index (χ0) is 15.1. The number of rotatable bonds is 3. The van der Waals surface area contributed by atoms with Crippen molar-refractivity contribution < 1.29 is 22.6 Å². The fraction of sp³-hybridized carbons (Fsp3) is 0.538. The summed E-state index contributed by atoms with van der Waals surface area (Å²) in [6, 6.07) is 4.12. The van der Waals surface area contributed by atoms with Crippen molar-refractivity contribution in [2.75, 3.05) is 0 Å². The van der Waals surface area contributed by atoms with E-state index in [2.05, 4.69) is 20.7 Å². The molecule has 1 fully saturated rings. The molecule has 1 aromatic carbocycles. The van der Waals surface area contributed by atoms with E-state index in [1.165, 1.54) is 18.2 Å². The monoisotopic (exact) mass is 372 g/mol. The zero-order valence-electron chi connectivity index (χ0n) is 10.8. The highest BCUT2D eigenvalue weighted by Crippen LogP contribution is 2.46. The molecule has 0 heterocycles. The van der Waals surface area contributed by atoms with Crippen LogP contribution in [0.3, 0.4) is 0 Å². The summed E-state index contributed by atoms with van der Waals surface area (Å²) in [5.41, 5.74) is -0.158. The van der Waals surface area contributed by atoms with Crippen LogP contribution in [0, 0.1) is 5.41 Å². The molecule has 0 aromatic heterocycles. The van der Waals surface area contributed by atoms with Crippen LogP contribution < -0.4 is 9.47 Å². The van der Waals surface area contributed by atoms with Gasteiger partial charge in [0, 0.05) is 17.2 Å². The highest BCUT2D eigenvalue weighted by atomic mass is 79.9. The molecule has 0 amide bonds. The maximum atomic E-state index is 12.2. The Labute approximate surface area is 128 Å². The van der Waals surface area contributed by atoms with E-state index in [1.807, 2.05) is 13.8 Å². The van der Waals surface area contributed by atoms with Crippen LogP contribution in [0.1, 0.15) is 20.3 Å². The van der Waals surface area contributed by atoms with E-state index in [-0.39, 0.29) is 27.1 Å². The molecule has 0 bridgehead atoms.